The first-order chi connectivity index (χ1) is 13.7. The van der Waals surface area contributed by atoms with E-state index in [4.69, 9.17) is 9.47 Å². The number of nitrogens with one attached hydrogen (secondary N) is 2. The summed E-state index contributed by atoms with van der Waals surface area (Å²) in [5, 5.41) is 6.69. The molecule has 0 bridgehead atoms. The maximum atomic E-state index is 5.36. The molecule has 7 nitrogen and oxygen atoms in total. The smallest absolute Gasteiger partial charge is 0.160 e. The van der Waals surface area contributed by atoms with E-state index in [2.05, 4.69) is 25.6 Å². The van der Waals surface area contributed by atoms with Crippen molar-refractivity contribution in [3.05, 3.63) is 65.7 Å². The summed E-state index contributed by atoms with van der Waals surface area (Å²) in [5.74, 6) is 3.77. The number of pyridine rings is 1. The van der Waals surface area contributed by atoms with Gasteiger partial charge in [0.05, 0.1) is 14.2 Å². The molecule has 0 atom stereocenters. The molecule has 1 aromatic carbocycles. The van der Waals surface area contributed by atoms with E-state index in [1.54, 1.807) is 26.6 Å². The molecule has 0 radical (unpaired) electrons. The maximum absolute atomic E-state index is 5.36. The van der Waals surface area contributed by atoms with Crippen molar-refractivity contribution in [1.82, 2.24) is 15.0 Å². The van der Waals surface area contributed by atoms with Gasteiger partial charge in [0.2, 0.25) is 0 Å². The summed E-state index contributed by atoms with van der Waals surface area (Å²) < 4.78 is 10.6. The van der Waals surface area contributed by atoms with Crippen molar-refractivity contribution in [3.8, 4) is 11.5 Å². The molecule has 3 rings (SSSR count). The van der Waals surface area contributed by atoms with Gasteiger partial charge in [0, 0.05) is 31.5 Å². The summed E-state index contributed by atoms with van der Waals surface area (Å²) >= 11 is 0. The molecule has 2 heterocycles. The molecule has 7 heteroatoms. The van der Waals surface area contributed by atoms with Crippen molar-refractivity contribution in [2.24, 2.45) is 0 Å². The number of aromatic nitrogens is 3. The Hall–Kier alpha value is -3.35. The van der Waals surface area contributed by atoms with E-state index in [0.29, 0.717) is 12.4 Å². The molecular formula is C21H25N5O2. The highest BCUT2D eigenvalue weighted by atomic mass is 16.5. The number of rotatable bonds is 9. The minimum atomic E-state index is 0.685. The normalized spacial score (nSPS) is 10.4. The zero-order valence-corrected chi connectivity index (χ0v) is 16.4. The zero-order chi connectivity index (χ0) is 19.8. The topological polar surface area (TPSA) is 81.2 Å². The van der Waals surface area contributed by atoms with Crippen LogP contribution in [0.3, 0.4) is 0 Å². The highest BCUT2D eigenvalue weighted by Crippen LogP contribution is 2.27. The minimum Gasteiger partial charge on any atom is -0.493 e. The molecule has 0 fully saturated rings. The third-order valence-electron chi connectivity index (χ3n) is 4.23. The van der Waals surface area contributed by atoms with Crippen LogP contribution in [0.1, 0.15) is 17.0 Å². The van der Waals surface area contributed by atoms with Gasteiger partial charge in [-0.15, -0.1) is 0 Å². The fourth-order valence-corrected chi connectivity index (χ4v) is 2.81. The van der Waals surface area contributed by atoms with Gasteiger partial charge in [-0.1, -0.05) is 6.07 Å². The fourth-order valence-electron chi connectivity index (χ4n) is 2.81. The third kappa shape index (κ3) is 5.33. The van der Waals surface area contributed by atoms with Crippen LogP contribution in [0.5, 0.6) is 11.5 Å². The molecule has 28 heavy (non-hydrogen) atoms. The molecule has 0 amide bonds. The van der Waals surface area contributed by atoms with Gasteiger partial charge in [-0.2, -0.15) is 0 Å². The molecule has 0 saturated carbocycles. The van der Waals surface area contributed by atoms with Gasteiger partial charge in [0.1, 0.15) is 17.5 Å². The molecule has 3 aromatic rings. The second-order valence-corrected chi connectivity index (χ2v) is 6.26. The summed E-state index contributed by atoms with van der Waals surface area (Å²) in [7, 11) is 3.28. The van der Waals surface area contributed by atoms with Crippen LogP contribution < -0.4 is 20.1 Å². The standard InChI is InChI=1S/C21H25N5O2/c1-15-25-20(13-21(26-15)24-14-17-6-9-22-10-7-17)23-11-8-16-4-5-18(27-2)19(12-16)28-3/h4-7,9-10,12-13H,8,11,14H2,1-3H3,(H2,23,24,25,26). The first kappa shape index (κ1) is 19.4. The predicted molar refractivity (Wildman–Crippen MR) is 110 cm³/mol. The second-order valence-electron chi connectivity index (χ2n) is 6.26. The Morgan fingerprint density at radius 3 is 2.25 bits per heavy atom. The highest BCUT2D eigenvalue weighted by Gasteiger charge is 2.06. The molecule has 0 spiro atoms. The quantitative estimate of drug-likeness (QED) is 0.589. The van der Waals surface area contributed by atoms with Crippen molar-refractivity contribution in [2.75, 3.05) is 31.4 Å². The summed E-state index contributed by atoms with van der Waals surface area (Å²) in [6.45, 7) is 3.32. The lowest BCUT2D eigenvalue weighted by Crippen LogP contribution is -2.09. The maximum Gasteiger partial charge on any atom is 0.160 e. The van der Waals surface area contributed by atoms with Crippen LogP contribution in [-0.2, 0) is 13.0 Å². The van der Waals surface area contributed by atoms with Crippen LogP contribution in [-0.4, -0.2) is 35.7 Å². The largest absolute Gasteiger partial charge is 0.493 e. The van der Waals surface area contributed by atoms with Crippen LogP contribution in [0.25, 0.3) is 0 Å². The Morgan fingerprint density at radius 2 is 1.54 bits per heavy atom. The van der Waals surface area contributed by atoms with Crippen LogP contribution in [0.4, 0.5) is 11.6 Å². The molecule has 0 aliphatic heterocycles. The summed E-state index contributed by atoms with van der Waals surface area (Å²) in [5.41, 5.74) is 2.31. The van der Waals surface area contributed by atoms with Crippen molar-refractivity contribution >= 4 is 11.6 Å². The molecule has 0 aliphatic carbocycles. The monoisotopic (exact) mass is 379 g/mol. The SMILES string of the molecule is COc1ccc(CCNc2cc(NCc3ccncc3)nc(C)n2)cc1OC. The van der Waals surface area contributed by atoms with Crippen molar-refractivity contribution in [2.45, 2.75) is 19.9 Å². The molecule has 0 unspecified atom stereocenters. The highest BCUT2D eigenvalue weighted by molar-refractivity contribution is 5.48. The number of hydrogen-bond donors (Lipinski definition) is 2. The average molecular weight is 379 g/mol. The Morgan fingerprint density at radius 1 is 0.821 bits per heavy atom. The van der Waals surface area contributed by atoms with Gasteiger partial charge in [-0.25, -0.2) is 9.97 Å². The van der Waals surface area contributed by atoms with Gasteiger partial charge in [-0.3, -0.25) is 4.98 Å². The van der Waals surface area contributed by atoms with Crippen molar-refractivity contribution < 1.29 is 9.47 Å². The number of benzene rings is 1. The van der Waals surface area contributed by atoms with Gasteiger partial charge in [-0.05, 0) is 48.7 Å². The Balaban J connectivity index is 1.58. The van der Waals surface area contributed by atoms with E-state index >= 15 is 0 Å². The molecule has 2 aromatic heterocycles. The summed E-state index contributed by atoms with van der Waals surface area (Å²) in [6, 6.07) is 11.8. The first-order valence-corrected chi connectivity index (χ1v) is 9.11. The number of anilines is 2. The number of hydrogen-bond acceptors (Lipinski definition) is 7. The van der Waals surface area contributed by atoms with E-state index in [0.717, 1.165) is 47.2 Å². The van der Waals surface area contributed by atoms with Crippen molar-refractivity contribution in [3.63, 3.8) is 0 Å². The lowest BCUT2D eigenvalue weighted by molar-refractivity contribution is 0.354. The minimum absolute atomic E-state index is 0.685. The van der Waals surface area contributed by atoms with E-state index in [9.17, 15) is 0 Å². The van der Waals surface area contributed by atoms with Gasteiger partial charge < -0.3 is 20.1 Å². The van der Waals surface area contributed by atoms with Crippen LogP contribution >= 0.6 is 0 Å². The summed E-state index contributed by atoms with van der Waals surface area (Å²) in [4.78, 5) is 12.9. The van der Waals surface area contributed by atoms with E-state index < -0.39 is 0 Å². The molecule has 2 N–H and O–H groups in total. The lowest BCUT2D eigenvalue weighted by atomic mass is 10.1. The van der Waals surface area contributed by atoms with Crippen LogP contribution in [0.2, 0.25) is 0 Å². The average Bonchev–Trinajstić information content (AvgIpc) is 2.72. The lowest BCUT2D eigenvalue weighted by Gasteiger charge is -2.12. The summed E-state index contributed by atoms with van der Waals surface area (Å²) in [6.07, 6.45) is 4.40. The number of methoxy groups -OCH3 is 2. The Labute approximate surface area is 165 Å². The Bertz CT molecular complexity index is 903. The van der Waals surface area contributed by atoms with Crippen molar-refractivity contribution in [1.29, 1.82) is 0 Å². The third-order valence-corrected chi connectivity index (χ3v) is 4.23. The molecule has 146 valence electrons. The number of nitrogens with zero attached hydrogens (tertiary/aromatic N) is 3. The molecular weight excluding hydrogens is 354 g/mol. The van der Waals surface area contributed by atoms with Gasteiger partial charge in [0.15, 0.2) is 11.5 Å². The number of aryl methyl sites for hydroxylation is 1. The predicted octanol–water partition coefficient (Wildman–Crippen LogP) is 3.46. The van der Waals surface area contributed by atoms with E-state index in [-0.39, 0.29) is 0 Å². The van der Waals surface area contributed by atoms with Crippen LogP contribution in [0, 0.1) is 6.92 Å². The fraction of sp³-hybridized carbons (Fsp3) is 0.286. The molecule has 0 aliphatic rings. The zero-order valence-electron chi connectivity index (χ0n) is 16.4. The van der Waals surface area contributed by atoms with Crippen LogP contribution in [0.15, 0.2) is 48.8 Å². The Kier molecular flexibility index (Phi) is 6.62. The van der Waals surface area contributed by atoms with E-state index in [1.165, 1.54) is 0 Å². The van der Waals surface area contributed by atoms with E-state index in [1.807, 2.05) is 43.3 Å². The second kappa shape index (κ2) is 9.55. The number of ether oxygens (including phenoxy) is 2. The van der Waals surface area contributed by atoms with Gasteiger partial charge >= 0.3 is 0 Å². The van der Waals surface area contributed by atoms with Gasteiger partial charge in [0.25, 0.3) is 0 Å². The molecule has 0 saturated heterocycles. The first-order valence-electron chi connectivity index (χ1n) is 9.11.